The number of nitrogens with zero attached hydrogens (tertiary/aromatic N) is 1. The van der Waals surface area contributed by atoms with E-state index >= 15 is 0 Å². The number of anilines is 1. The minimum absolute atomic E-state index is 0.0129. The summed E-state index contributed by atoms with van der Waals surface area (Å²) in [4.78, 5) is 13.9. The van der Waals surface area contributed by atoms with Crippen molar-refractivity contribution in [2.45, 2.75) is 12.8 Å². The van der Waals surface area contributed by atoms with E-state index in [0.29, 0.717) is 5.69 Å². The first-order valence-electron chi connectivity index (χ1n) is 6.66. The fourth-order valence-electron chi connectivity index (χ4n) is 2.42. The van der Waals surface area contributed by atoms with Crippen LogP contribution in [0.1, 0.15) is 12.8 Å². The van der Waals surface area contributed by atoms with Crippen LogP contribution in [0.3, 0.4) is 0 Å². The quantitative estimate of drug-likeness (QED) is 0.895. The zero-order valence-electron chi connectivity index (χ0n) is 11.1. The summed E-state index contributed by atoms with van der Waals surface area (Å²) in [6.07, 6.45) is 1.99. The fraction of sp³-hybridized carbons (Fsp3) is 0.500. The van der Waals surface area contributed by atoms with Gasteiger partial charge in [0.15, 0.2) is 0 Å². The Morgan fingerprint density at radius 3 is 3.05 bits per heavy atom. The van der Waals surface area contributed by atoms with E-state index < -0.39 is 5.82 Å². The zero-order valence-corrected chi connectivity index (χ0v) is 11.9. The second-order valence-electron chi connectivity index (χ2n) is 5.10. The molecule has 0 spiro atoms. The van der Waals surface area contributed by atoms with Crippen molar-refractivity contribution in [3.05, 3.63) is 29.0 Å². The average Bonchev–Trinajstić information content (AvgIpc) is 2.43. The first-order chi connectivity index (χ1) is 9.58. The molecule has 1 aromatic carbocycles. The lowest BCUT2D eigenvalue weighted by molar-refractivity contribution is -0.117. The maximum Gasteiger partial charge on any atom is 0.238 e. The zero-order chi connectivity index (χ0) is 14.5. The number of likely N-dealkylation sites (tertiary alicyclic amines) is 1. The molecule has 2 rings (SSSR count). The fourth-order valence-corrected chi connectivity index (χ4v) is 2.60. The van der Waals surface area contributed by atoms with E-state index in [2.05, 4.69) is 5.32 Å². The predicted octanol–water partition coefficient (Wildman–Crippen LogP) is 2.12. The van der Waals surface area contributed by atoms with Crippen molar-refractivity contribution >= 4 is 23.2 Å². The topological polar surface area (TPSA) is 52.6 Å². The van der Waals surface area contributed by atoms with Crippen molar-refractivity contribution < 1.29 is 14.3 Å². The summed E-state index contributed by atoms with van der Waals surface area (Å²) in [5.74, 6) is -0.422. The number of piperidine rings is 1. The minimum atomic E-state index is -0.508. The summed E-state index contributed by atoms with van der Waals surface area (Å²) in [5, 5.41) is 11.8. The van der Waals surface area contributed by atoms with Crippen LogP contribution < -0.4 is 5.32 Å². The van der Waals surface area contributed by atoms with Crippen LogP contribution in [0, 0.1) is 11.7 Å². The monoisotopic (exact) mass is 300 g/mol. The molecule has 20 heavy (non-hydrogen) atoms. The molecule has 0 aliphatic carbocycles. The highest BCUT2D eigenvalue weighted by Crippen LogP contribution is 2.20. The summed E-state index contributed by atoms with van der Waals surface area (Å²) in [7, 11) is 0. The van der Waals surface area contributed by atoms with E-state index in [0.717, 1.165) is 25.9 Å². The van der Waals surface area contributed by atoms with Gasteiger partial charge in [0.2, 0.25) is 5.91 Å². The van der Waals surface area contributed by atoms with Gasteiger partial charge in [-0.25, -0.2) is 4.39 Å². The average molecular weight is 301 g/mol. The van der Waals surface area contributed by atoms with E-state index in [-0.39, 0.29) is 30.0 Å². The highest BCUT2D eigenvalue weighted by Gasteiger charge is 2.20. The van der Waals surface area contributed by atoms with Crippen LogP contribution in [-0.4, -0.2) is 42.2 Å². The van der Waals surface area contributed by atoms with E-state index in [9.17, 15) is 9.18 Å². The third-order valence-corrected chi connectivity index (χ3v) is 3.72. The molecule has 0 aromatic heterocycles. The van der Waals surface area contributed by atoms with Crippen LogP contribution in [0.5, 0.6) is 0 Å². The number of halogens is 2. The normalized spacial score (nSPS) is 19.9. The van der Waals surface area contributed by atoms with E-state index in [4.69, 9.17) is 16.7 Å². The summed E-state index contributed by atoms with van der Waals surface area (Å²) in [5.41, 5.74) is 0.483. The Labute approximate surface area is 122 Å². The van der Waals surface area contributed by atoms with Gasteiger partial charge < -0.3 is 10.4 Å². The molecule has 1 amide bonds. The van der Waals surface area contributed by atoms with Gasteiger partial charge in [0, 0.05) is 18.8 Å². The molecule has 1 heterocycles. The number of hydrogen-bond acceptors (Lipinski definition) is 3. The number of amides is 1. The molecule has 110 valence electrons. The van der Waals surface area contributed by atoms with Gasteiger partial charge in [-0.2, -0.15) is 0 Å². The van der Waals surface area contributed by atoms with Gasteiger partial charge in [-0.15, -0.1) is 0 Å². The number of aliphatic hydroxyl groups excluding tert-OH is 1. The van der Waals surface area contributed by atoms with Crippen LogP contribution in [0.15, 0.2) is 18.2 Å². The number of carbonyl (C=O) groups excluding carboxylic acids is 1. The van der Waals surface area contributed by atoms with Crippen molar-refractivity contribution in [1.29, 1.82) is 0 Å². The molecule has 0 bridgehead atoms. The third kappa shape index (κ3) is 4.16. The Balaban J connectivity index is 1.87. The molecule has 1 unspecified atom stereocenters. The van der Waals surface area contributed by atoms with Gasteiger partial charge >= 0.3 is 0 Å². The summed E-state index contributed by atoms with van der Waals surface area (Å²) in [6, 6.07) is 4.09. The van der Waals surface area contributed by atoms with Crippen molar-refractivity contribution in [2.24, 2.45) is 5.92 Å². The molecule has 1 aromatic rings. The van der Waals surface area contributed by atoms with Gasteiger partial charge in [0.1, 0.15) is 5.82 Å². The van der Waals surface area contributed by atoms with Crippen LogP contribution in [-0.2, 0) is 4.79 Å². The number of aliphatic hydroxyl groups is 1. The molecular formula is C14H18ClFN2O2. The van der Waals surface area contributed by atoms with E-state index in [1.54, 1.807) is 0 Å². The molecule has 1 atom stereocenters. The van der Waals surface area contributed by atoms with Crippen LogP contribution >= 0.6 is 11.6 Å². The Hall–Kier alpha value is -1.17. The SMILES string of the molecule is O=C(CN1CCCC(CO)C1)Nc1ccc(F)c(Cl)c1. The summed E-state index contributed by atoms with van der Waals surface area (Å²) < 4.78 is 13.0. The summed E-state index contributed by atoms with van der Waals surface area (Å²) >= 11 is 5.66. The second-order valence-corrected chi connectivity index (χ2v) is 5.51. The lowest BCUT2D eigenvalue weighted by atomic mass is 9.99. The first-order valence-corrected chi connectivity index (χ1v) is 7.04. The van der Waals surface area contributed by atoms with Crippen LogP contribution in [0.25, 0.3) is 0 Å². The Morgan fingerprint density at radius 2 is 2.35 bits per heavy atom. The largest absolute Gasteiger partial charge is 0.396 e. The lowest BCUT2D eigenvalue weighted by Crippen LogP contribution is -2.41. The van der Waals surface area contributed by atoms with Gasteiger partial charge in [-0.3, -0.25) is 9.69 Å². The number of hydrogen-bond donors (Lipinski definition) is 2. The number of rotatable bonds is 4. The minimum Gasteiger partial charge on any atom is -0.396 e. The molecule has 1 aliphatic heterocycles. The smallest absolute Gasteiger partial charge is 0.238 e. The van der Waals surface area contributed by atoms with Crippen molar-refractivity contribution in [1.82, 2.24) is 4.90 Å². The maximum absolute atomic E-state index is 13.0. The van der Waals surface area contributed by atoms with Crippen molar-refractivity contribution in [2.75, 3.05) is 31.6 Å². The van der Waals surface area contributed by atoms with Gasteiger partial charge in [-0.1, -0.05) is 11.6 Å². The number of benzene rings is 1. The van der Waals surface area contributed by atoms with Crippen LogP contribution in [0.2, 0.25) is 5.02 Å². The number of carbonyl (C=O) groups is 1. The highest BCUT2D eigenvalue weighted by molar-refractivity contribution is 6.31. The molecule has 4 nitrogen and oxygen atoms in total. The standard InChI is InChI=1S/C14H18ClFN2O2/c15-12-6-11(3-4-13(12)16)17-14(20)8-18-5-1-2-10(7-18)9-19/h3-4,6,10,19H,1-2,5,7-9H2,(H,17,20). The van der Waals surface area contributed by atoms with Crippen molar-refractivity contribution in [3.63, 3.8) is 0 Å². The third-order valence-electron chi connectivity index (χ3n) is 3.43. The molecule has 6 heteroatoms. The van der Waals surface area contributed by atoms with E-state index in [1.807, 2.05) is 4.90 Å². The Kier molecular flexibility index (Phi) is 5.34. The lowest BCUT2D eigenvalue weighted by Gasteiger charge is -2.31. The molecule has 2 N–H and O–H groups in total. The summed E-state index contributed by atoms with van der Waals surface area (Å²) in [6.45, 7) is 2.01. The molecule has 0 saturated carbocycles. The Morgan fingerprint density at radius 1 is 1.55 bits per heavy atom. The second kappa shape index (κ2) is 7.02. The van der Waals surface area contributed by atoms with Crippen LogP contribution in [0.4, 0.5) is 10.1 Å². The molecule has 0 radical (unpaired) electrons. The van der Waals surface area contributed by atoms with Crippen molar-refractivity contribution in [3.8, 4) is 0 Å². The van der Waals surface area contributed by atoms with Gasteiger partial charge in [0.25, 0.3) is 0 Å². The predicted molar refractivity (Wildman–Crippen MR) is 76.3 cm³/mol. The first kappa shape index (κ1) is 15.2. The maximum atomic E-state index is 13.0. The molecule has 1 saturated heterocycles. The van der Waals surface area contributed by atoms with Gasteiger partial charge in [0.05, 0.1) is 11.6 Å². The van der Waals surface area contributed by atoms with Gasteiger partial charge in [-0.05, 0) is 43.5 Å². The molecule has 1 fully saturated rings. The highest BCUT2D eigenvalue weighted by atomic mass is 35.5. The number of nitrogens with one attached hydrogen (secondary N) is 1. The molecule has 1 aliphatic rings. The van der Waals surface area contributed by atoms with E-state index in [1.165, 1.54) is 18.2 Å². The molecular weight excluding hydrogens is 283 g/mol. The Bertz CT molecular complexity index is 484.